The van der Waals surface area contributed by atoms with Gasteiger partial charge in [-0.2, -0.15) is 0 Å². The van der Waals surface area contributed by atoms with E-state index in [1.807, 2.05) is 30.3 Å². The number of carbonyl (C=O) groups excluding carboxylic acids is 3. The normalized spacial score (nSPS) is 11.0. The van der Waals surface area contributed by atoms with Crippen LogP contribution in [-0.4, -0.2) is 40.8 Å². The van der Waals surface area contributed by atoms with E-state index in [9.17, 15) is 28.7 Å². The summed E-state index contributed by atoms with van der Waals surface area (Å²) in [5.74, 6) is -2.22. The molecule has 11 heteroatoms. The summed E-state index contributed by atoms with van der Waals surface area (Å²) in [7, 11) is -4.54. The van der Waals surface area contributed by atoms with Crippen molar-refractivity contribution < 1.29 is 38.2 Å². The molecule has 0 aliphatic carbocycles. The third kappa shape index (κ3) is 6.36. The predicted molar refractivity (Wildman–Crippen MR) is 123 cm³/mol. The van der Waals surface area contributed by atoms with Gasteiger partial charge in [-0.1, -0.05) is 36.4 Å². The number of hydrogen-bond donors (Lipinski definition) is 3. The molecule has 0 aliphatic heterocycles. The molecular weight excluding hydrogens is 469 g/mol. The standard InChI is InChI=1S/C22H20NO8PS/c1-2-30-22(26)17-12-18(14-7-4-3-5-8-14)33-20(17)23-19(24)13-31-21(25)15-9-6-10-16(11-15)32(27,28)29/h3-12H,2,13H2,1H3,(H,23,24)(H2,27,28,29). The fourth-order valence-electron chi connectivity index (χ4n) is 2.78. The molecule has 1 amide bonds. The molecule has 0 atom stereocenters. The number of anilines is 1. The lowest BCUT2D eigenvalue weighted by Gasteiger charge is -2.08. The molecule has 3 N–H and O–H groups in total. The third-order valence-electron chi connectivity index (χ3n) is 4.29. The van der Waals surface area contributed by atoms with Crippen molar-refractivity contribution in [3.63, 3.8) is 0 Å². The minimum atomic E-state index is -4.54. The van der Waals surface area contributed by atoms with Crippen LogP contribution in [0.3, 0.4) is 0 Å². The minimum Gasteiger partial charge on any atom is -0.462 e. The van der Waals surface area contributed by atoms with Crippen molar-refractivity contribution in [1.29, 1.82) is 0 Å². The second kappa shape index (κ2) is 10.5. The van der Waals surface area contributed by atoms with Gasteiger partial charge in [0.1, 0.15) is 5.00 Å². The lowest BCUT2D eigenvalue weighted by atomic mass is 10.1. The molecule has 0 bridgehead atoms. The van der Waals surface area contributed by atoms with Crippen LogP contribution in [0.15, 0.2) is 60.7 Å². The fraction of sp³-hybridized carbons (Fsp3) is 0.136. The van der Waals surface area contributed by atoms with Crippen molar-refractivity contribution in [2.75, 3.05) is 18.5 Å². The molecule has 0 aliphatic rings. The van der Waals surface area contributed by atoms with Gasteiger partial charge in [0.25, 0.3) is 5.91 Å². The van der Waals surface area contributed by atoms with Gasteiger partial charge in [0.05, 0.1) is 23.0 Å². The Hall–Kier alpha value is -3.30. The Morgan fingerprint density at radius 1 is 0.970 bits per heavy atom. The monoisotopic (exact) mass is 489 g/mol. The largest absolute Gasteiger partial charge is 0.462 e. The number of hydrogen-bond acceptors (Lipinski definition) is 7. The van der Waals surface area contributed by atoms with E-state index >= 15 is 0 Å². The fourth-order valence-corrected chi connectivity index (χ4v) is 4.44. The van der Waals surface area contributed by atoms with E-state index in [-0.39, 0.29) is 28.0 Å². The number of ether oxygens (including phenoxy) is 2. The maximum atomic E-state index is 12.4. The van der Waals surface area contributed by atoms with Gasteiger partial charge < -0.3 is 24.6 Å². The van der Waals surface area contributed by atoms with E-state index in [4.69, 9.17) is 9.47 Å². The van der Waals surface area contributed by atoms with Crippen LogP contribution in [0.25, 0.3) is 10.4 Å². The first-order valence-corrected chi connectivity index (χ1v) is 12.1. The van der Waals surface area contributed by atoms with E-state index in [0.717, 1.165) is 16.5 Å². The summed E-state index contributed by atoms with van der Waals surface area (Å²) >= 11 is 1.17. The maximum Gasteiger partial charge on any atom is 0.356 e. The SMILES string of the molecule is CCOC(=O)c1cc(-c2ccccc2)sc1NC(=O)COC(=O)c1cccc(P(=O)(O)O)c1. The molecule has 3 aromatic rings. The van der Waals surface area contributed by atoms with E-state index in [0.29, 0.717) is 0 Å². The highest BCUT2D eigenvalue weighted by Crippen LogP contribution is 2.36. The van der Waals surface area contributed by atoms with Crippen LogP contribution in [-0.2, 0) is 18.8 Å². The Morgan fingerprint density at radius 3 is 2.36 bits per heavy atom. The number of esters is 2. The van der Waals surface area contributed by atoms with Gasteiger partial charge in [0.15, 0.2) is 6.61 Å². The van der Waals surface area contributed by atoms with Crippen LogP contribution in [0, 0.1) is 0 Å². The predicted octanol–water partition coefficient (Wildman–Crippen LogP) is 3.19. The van der Waals surface area contributed by atoms with E-state index < -0.39 is 32.0 Å². The molecule has 33 heavy (non-hydrogen) atoms. The van der Waals surface area contributed by atoms with Gasteiger partial charge in [-0.15, -0.1) is 11.3 Å². The zero-order valence-corrected chi connectivity index (χ0v) is 19.1. The Kier molecular flexibility index (Phi) is 7.78. The molecule has 2 aromatic carbocycles. The van der Waals surface area contributed by atoms with Crippen molar-refractivity contribution in [3.05, 3.63) is 71.8 Å². The molecule has 1 aromatic heterocycles. The van der Waals surface area contributed by atoms with Crippen LogP contribution < -0.4 is 10.6 Å². The number of rotatable bonds is 8. The highest BCUT2D eigenvalue weighted by Gasteiger charge is 2.22. The second-order valence-corrected chi connectivity index (χ2v) is 9.32. The highest BCUT2D eigenvalue weighted by atomic mass is 32.1. The number of carbonyl (C=O) groups is 3. The molecule has 0 fully saturated rings. The Bertz CT molecular complexity index is 1220. The maximum absolute atomic E-state index is 12.4. The molecule has 0 saturated heterocycles. The molecule has 9 nitrogen and oxygen atoms in total. The van der Waals surface area contributed by atoms with Crippen LogP contribution in [0.2, 0.25) is 0 Å². The molecule has 0 radical (unpaired) electrons. The molecular formula is C22H20NO8PS. The van der Waals surface area contributed by atoms with Gasteiger partial charge in [-0.05, 0) is 36.8 Å². The quantitative estimate of drug-likeness (QED) is 0.324. The topological polar surface area (TPSA) is 139 Å². The van der Waals surface area contributed by atoms with E-state index in [2.05, 4.69) is 5.32 Å². The lowest BCUT2D eigenvalue weighted by Crippen LogP contribution is -2.22. The van der Waals surface area contributed by atoms with E-state index in [1.165, 1.54) is 29.5 Å². The summed E-state index contributed by atoms with van der Waals surface area (Å²) in [4.78, 5) is 56.1. The second-order valence-electron chi connectivity index (χ2n) is 6.66. The van der Waals surface area contributed by atoms with Crippen molar-refractivity contribution in [2.45, 2.75) is 6.92 Å². The average molecular weight is 489 g/mol. The summed E-state index contributed by atoms with van der Waals surface area (Å²) in [5.41, 5.74) is 0.915. The lowest BCUT2D eigenvalue weighted by molar-refractivity contribution is -0.119. The molecule has 0 unspecified atom stereocenters. The van der Waals surface area contributed by atoms with Gasteiger partial charge in [-0.25, -0.2) is 9.59 Å². The van der Waals surface area contributed by atoms with Crippen molar-refractivity contribution in [3.8, 4) is 10.4 Å². The first kappa shape index (κ1) is 24.3. The highest BCUT2D eigenvalue weighted by molar-refractivity contribution is 7.60. The van der Waals surface area contributed by atoms with Crippen molar-refractivity contribution >= 4 is 47.1 Å². The zero-order chi connectivity index (χ0) is 24.0. The first-order valence-electron chi connectivity index (χ1n) is 9.68. The summed E-state index contributed by atoms with van der Waals surface area (Å²) in [6, 6.07) is 15.7. The molecule has 1 heterocycles. The van der Waals surface area contributed by atoms with Gasteiger partial charge in [0, 0.05) is 4.88 Å². The summed E-state index contributed by atoms with van der Waals surface area (Å²) in [6.07, 6.45) is 0. The molecule has 0 saturated carbocycles. The summed E-state index contributed by atoms with van der Waals surface area (Å²) in [6.45, 7) is 1.16. The van der Waals surface area contributed by atoms with Gasteiger partial charge in [0.2, 0.25) is 0 Å². The number of nitrogens with one attached hydrogen (secondary N) is 1. The van der Waals surface area contributed by atoms with Gasteiger partial charge in [-0.3, -0.25) is 9.36 Å². The zero-order valence-electron chi connectivity index (χ0n) is 17.4. The number of amides is 1. The Labute approximate surface area is 193 Å². The smallest absolute Gasteiger partial charge is 0.356 e. The number of benzene rings is 2. The molecule has 3 rings (SSSR count). The summed E-state index contributed by atoms with van der Waals surface area (Å²) < 4.78 is 21.4. The average Bonchev–Trinajstić information content (AvgIpc) is 3.21. The first-order chi connectivity index (χ1) is 15.7. The Balaban J connectivity index is 1.72. The Morgan fingerprint density at radius 2 is 1.70 bits per heavy atom. The number of thiophene rings is 1. The summed E-state index contributed by atoms with van der Waals surface area (Å²) in [5, 5.41) is 2.47. The van der Waals surface area contributed by atoms with Crippen LogP contribution in [0.4, 0.5) is 5.00 Å². The molecule has 0 spiro atoms. The minimum absolute atomic E-state index is 0.113. The van der Waals surface area contributed by atoms with Crippen molar-refractivity contribution in [2.24, 2.45) is 0 Å². The van der Waals surface area contributed by atoms with Crippen LogP contribution in [0.5, 0.6) is 0 Å². The van der Waals surface area contributed by atoms with Gasteiger partial charge >= 0.3 is 19.5 Å². The van der Waals surface area contributed by atoms with Crippen molar-refractivity contribution in [1.82, 2.24) is 0 Å². The molecule has 172 valence electrons. The van der Waals surface area contributed by atoms with Crippen LogP contribution >= 0.6 is 18.9 Å². The van der Waals surface area contributed by atoms with E-state index in [1.54, 1.807) is 13.0 Å². The van der Waals surface area contributed by atoms with Crippen LogP contribution in [0.1, 0.15) is 27.6 Å². The third-order valence-corrected chi connectivity index (χ3v) is 6.34.